The van der Waals surface area contributed by atoms with Gasteiger partial charge in [-0.15, -0.1) is 0 Å². The highest BCUT2D eigenvalue weighted by Crippen LogP contribution is 2.18. The number of nitrogens with one attached hydrogen (secondary N) is 1. The van der Waals surface area contributed by atoms with Crippen LogP contribution < -0.4 is 11.1 Å². The summed E-state index contributed by atoms with van der Waals surface area (Å²) in [5.41, 5.74) is 11.3. The van der Waals surface area contributed by atoms with Gasteiger partial charge < -0.3 is 11.1 Å². The quantitative estimate of drug-likeness (QED) is 0.834. The summed E-state index contributed by atoms with van der Waals surface area (Å²) in [5, 5.41) is 3.41. The minimum atomic E-state index is 0.423. The molecule has 0 radical (unpaired) electrons. The van der Waals surface area contributed by atoms with E-state index in [9.17, 15) is 0 Å². The molecule has 0 saturated carbocycles. The molecule has 0 aromatic heterocycles. The Kier molecular flexibility index (Phi) is 4.17. The van der Waals surface area contributed by atoms with Crippen LogP contribution in [0.5, 0.6) is 0 Å². The van der Waals surface area contributed by atoms with E-state index >= 15 is 0 Å². The van der Waals surface area contributed by atoms with E-state index in [-0.39, 0.29) is 0 Å². The molecule has 0 aliphatic carbocycles. The molecule has 0 heterocycles. The highest BCUT2D eigenvalue weighted by molar-refractivity contribution is 7.80. The molecule has 0 aliphatic rings. The summed E-state index contributed by atoms with van der Waals surface area (Å²) < 4.78 is 0. The van der Waals surface area contributed by atoms with Crippen LogP contribution in [-0.2, 0) is 6.54 Å². The van der Waals surface area contributed by atoms with Crippen molar-refractivity contribution in [1.82, 2.24) is 0 Å². The van der Waals surface area contributed by atoms with Gasteiger partial charge in [-0.3, -0.25) is 0 Å². The van der Waals surface area contributed by atoms with Crippen molar-refractivity contribution in [3.05, 3.63) is 64.7 Å². The molecule has 0 amide bonds. The predicted molar refractivity (Wildman–Crippen MR) is 85.6 cm³/mol. The minimum Gasteiger partial charge on any atom is -0.389 e. The molecule has 2 aromatic carbocycles. The first kappa shape index (κ1) is 13.6. The molecule has 3 N–H and O–H groups in total. The van der Waals surface area contributed by atoms with Crippen molar-refractivity contribution in [1.29, 1.82) is 0 Å². The number of rotatable bonds is 4. The zero-order valence-electron chi connectivity index (χ0n) is 11.2. The first-order valence-electron chi connectivity index (χ1n) is 6.26. The van der Waals surface area contributed by atoms with Gasteiger partial charge in [-0.2, -0.15) is 0 Å². The number of hydrogen-bond acceptors (Lipinski definition) is 2. The van der Waals surface area contributed by atoms with Crippen molar-refractivity contribution in [2.24, 2.45) is 5.73 Å². The average Bonchev–Trinajstić information content (AvgIpc) is 2.36. The fraction of sp³-hybridized carbons (Fsp3) is 0.188. The SMILES string of the molecule is Cc1cccc(CNc2cc(C)ccc2C(N)=S)c1. The topological polar surface area (TPSA) is 38.0 Å². The maximum absolute atomic E-state index is 5.75. The summed E-state index contributed by atoms with van der Waals surface area (Å²) >= 11 is 5.08. The van der Waals surface area contributed by atoms with Gasteiger partial charge in [-0.1, -0.05) is 48.1 Å². The van der Waals surface area contributed by atoms with Crippen LogP contribution in [0.15, 0.2) is 42.5 Å². The third kappa shape index (κ3) is 3.55. The monoisotopic (exact) mass is 270 g/mol. The molecule has 0 aliphatic heterocycles. The molecule has 0 spiro atoms. The van der Waals surface area contributed by atoms with Crippen LogP contribution in [-0.4, -0.2) is 4.99 Å². The first-order chi connectivity index (χ1) is 9.06. The Balaban J connectivity index is 2.19. The summed E-state index contributed by atoms with van der Waals surface area (Å²) in [7, 11) is 0. The second-order valence-electron chi connectivity index (χ2n) is 4.76. The van der Waals surface area contributed by atoms with Gasteiger partial charge >= 0.3 is 0 Å². The Morgan fingerprint density at radius 1 is 1.11 bits per heavy atom. The summed E-state index contributed by atoms with van der Waals surface area (Å²) in [6.07, 6.45) is 0. The molecule has 0 bridgehead atoms. The predicted octanol–water partition coefficient (Wildman–Crippen LogP) is 3.55. The molecule has 2 rings (SSSR count). The van der Waals surface area contributed by atoms with Crippen LogP contribution >= 0.6 is 12.2 Å². The van der Waals surface area contributed by atoms with Crippen LogP contribution in [0.3, 0.4) is 0 Å². The summed E-state index contributed by atoms with van der Waals surface area (Å²) in [4.78, 5) is 0.423. The number of nitrogens with two attached hydrogens (primary N) is 1. The lowest BCUT2D eigenvalue weighted by atomic mass is 10.1. The average molecular weight is 270 g/mol. The van der Waals surface area contributed by atoms with Gasteiger partial charge in [0.25, 0.3) is 0 Å². The van der Waals surface area contributed by atoms with E-state index in [1.165, 1.54) is 16.7 Å². The van der Waals surface area contributed by atoms with Crippen LogP contribution in [0.1, 0.15) is 22.3 Å². The van der Waals surface area contributed by atoms with Crippen molar-refractivity contribution >= 4 is 22.9 Å². The normalized spacial score (nSPS) is 10.2. The van der Waals surface area contributed by atoms with Crippen LogP contribution in [0.4, 0.5) is 5.69 Å². The summed E-state index contributed by atoms with van der Waals surface area (Å²) in [6.45, 7) is 4.92. The van der Waals surface area contributed by atoms with Crippen molar-refractivity contribution in [2.45, 2.75) is 20.4 Å². The Morgan fingerprint density at radius 2 is 1.84 bits per heavy atom. The fourth-order valence-electron chi connectivity index (χ4n) is 2.04. The smallest absolute Gasteiger partial charge is 0.106 e. The fourth-order valence-corrected chi connectivity index (χ4v) is 2.22. The van der Waals surface area contributed by atoms with Crippen molar-refractivity contribution in [2.75, 3.05) is 5.32 Å². The van der Waals surface area contributed by atoms with Crippen molar-refractivity contribution in [3.63, 3.8) is 0 Å². The lowest BCUT2D eigenvalue weighted by Gasteiger charge is -2.12. The molecule has 19 heavy (non-hydrogen) atoms. The number of aryl methyl sites for hydroxylation is 2. The van der Waals surface area contributed by atoms with E-state index in [0.29, 0.717) is 4.99 Å². The Hall–Kier alpha value is -1.87. The Morgan fingerprint density at radius 3 is 2.53 bits per heavy atom. The van der Waals surface area contributed by atoms with E-state index < -0.39 is 0 Å². The standard InChI is InChI=1S/C16H18N2S/c1-11-4-3-5-13(8-11)10-18-15-9-12(2)6-7-14(15)16(17)19/h3-9,18H,10H2,1-2H3,(H2,17,19). The summed E-state index contributed by atoms with van der Waals surface area (Å²) in [6, 6.07) is 14.5. The molecule has 2 aromatic rings. The van der Waals surface area contributed by atoms with Crippen LogP contribution in [0, 0.1) is 13.8 Å². The number of anilines is 1. The van der Waals surface area contributed by atoms with E-state index in [2.05, 4.69) is 49.5 Å². The Bertz CT molecular complexity index is 605. The molecule has 0 saturated heterocycles. The molecule has 98 valence electrons. The van der Waals surface area contributed by atoms with Crippen LogP contribution in [0.25, 0.3) is 0 Å². The molecule has 0 fully saturated rings. The van der Waals surface area contributed by atoms with E-state index in [4.69, 9.17) is 18.0 Å². The van der Waals surface area contributed by atoms with Gasteiger partial charge in [-0.05, 0) is 37.1 Å². The second kappa shape index (κ2) is 5.85. The van der Waals surface area contributed by atoms with Gasteiger partial charge in [0.1, 0.15) is 4.99 Å². The van der Waals surface area contributed by atoms with E-state index in [0.717, 1.165) is 17.8 Å². The maximum atomic E-state index is 5.75. The molecule has 2 nitrogen and oxygen atoms in total. The highest BCUT2D eigenvalue weighted by atomic mass is 32.1. The summed E-state index contributed by atoms with van der Waals surface area (Å²) in [5.74, 6) is 0. The molecule has 0 atom stereocenters. The lowest BCUT2D eigenvalue weighted by Crippen LogP contribution is -2.13. The zero-order valence-corrected chi connectivity index (χ0v) is 12.1. The van der Waals surface area contributed by atoms with Gasteiger partial charge in [0.05, 0.1) is 0 Å². The van der Waals surface area contributed by atoms with E-state index in [1.54, 1.807) is 0 Å². The second-order valence-corrected chi connectivity index (χ2v) is 5.20. The molecule has 3 heteroatoms. The maximum Gasteiger partial charge on any atom is 0.106 e. The third-order valence-electron chi connectivity index (χ3n) is 3.01. The highest BCUT2D eigenvalue weighted by Gasteiger charge is 2.05. The third-order valence-corrected chi connectivity index (χ3v) is 3.23. The zero-order chi connectivity index (χ0) is 13.8. The van der Waals surface area contributed by atoms with Crippen molar-refractivity contribution < 1.29 is 0 Å². The number of benzene rings is 2. The lowest BCUT2D eigenvalue weighted by molar-refractivity contribution is 1.14. The van der Waals surface area contributed by atoms with Gasteiger partial charge in [0, 0.05) is 17.8 Å². The minimum absolute atomic E-state index is 0.423. The molecular formula is C16H18N2S. The largest absolute Gasteiger partial charge is 0.389 e. The molecule has 0 unspecified atom stereocenters. The number of hydrogen-bond donors (Lipinski definition) is 2. The van der Waals surface area contributed by atoms with Crippen LogP contribution in [0.2, 0.25) is 0 Å². The van der Waals surface area contributed by atoms with Crippen molar-refractivity contribution in [3.8, 4) is 0 Å². The first-order valence-corrected chi connectivity index (χ1v) is 6.67. The Labute approximate surface area is 119 Å². The van der Waals surface area contributed by atoms with E-state index in [1.807, 2.05) is 12.1 Å². The van der Waals surface area contributed by atoms with Gasteiger partial charge in [0.15, 0.2) is 0 Å². The van der Waals surface area contributed by atoms with Gasteiger partial charge in [0.2, 0.25) is 0 Å². The number of thiocarbonyl (C=S) groups is 1. The van der Waals surface area contributed by atoms with Gasteiger partial charge in [-0.25, -0.2) is 0 Å². The molecular weight excluding hydrogens is 252 g/mol.